The quantitative estimate of drug-likeness (QED) is 0.176. The fraction of sp³-hybridized carbons (Fsp3) is 0.455. The number of rotatable bonds is 4. The van der Waals surface area contributed by atoms with Gasteiger partial charge in [-0.15, -0.1) is 56.7 Å². The minimum atomic E-state index is -0.278. The molecule has 0 amide bonds. The topological polar surface area (TPSA) is 52.6 Å². The zero-order valence-corrected chi connectivity index (χ0v) is 56.1. The lowest BCUT2D eigenvalue weighted by atomic mass is 10.0. The summed E-state index contributed by atoms with van der Waals surface area (Å²) >= 11 is 8.94. The molecule has 0 saturated carbocycles. The Balaban J connectivity index is 0.000000440. The van der Waals surface area contributed by atoms with Crippen molar-refractivity contribution in [2.24, 2.45) is 0 Å². The number of thiophene rings is 5. The van der Waals surface area contributed by atoms with E-state index in [1.807, 2.05) is 99.0 Å². The van der Waals surface area contributed by atoms with E-state index in [1.54, 1.807) is 32.4 Å². The lowest BCUT2D eigenvalue weighted by molar-refractivity contribution is 0.478. The van der Waals surface area contributed by atoms with Gasteiger partial charge in [-0.25, -0.2) is 13.2 Å². The molecule has 0 aliphatic rings. The molecule has 9 heterocycles. The van der Waals surface area contributed by atoms with Crippen LogP contribution >= 0.6 is 56.7 Å². The summed E-state index contributed by atoms with van der Waals surface area (Å²) in [6.45, 7) is 54.0. The third-order valence-corrected chi connectivity index (χ3v) is 19.1. The minimum absolute atomic E-state index is 0.0614. The Morgan fingerprint density at radius 1 is 0.333 bits per heavy atom. The average Bonchev–Trinajstić information content (AvgIpc) is 4.29. The SMILES string of the molecule is Cc1c(F)csc1C(C)C.Cc1cc(C)c(C)o1.Cc1cc(F)c(C)o1.Cc1ccoc1C.Cc1csc(C(C)C)c1C.Cc1csc(C)c1C.Cc1occc1F.Cc1scc(C(C)C)c1C.Cc1scc(C(C)C)c1C. The molecular formula is C66H93F3O4S5. The van der Waals surface area contributed by atoms with Gasteiger partial charge in [0.05, 0.1) is 12.5 Å². The van der Waals surface area contributed by atoms with Gasteiger partial charge in [-0.2, -0.15) is 0 Å². The molecule has 0 unspecified atom stereocenters. The minimum Gasteiger partial charge on any atom is -0.469 e. The molecule has 9 rings (SSSR count). The number of furan rings is 4. The third kappa shape index (κ3) is 24.4. The first-order valence-electron chi connectivity index (χ1n) is 26.6. The molecule has 78 heavy (non-hydrogen) atoms. The summed E-state index contributed by atoms with van der Waals surface area (Å²) < 4.78 is 56.5. The molecule has 0 radical (unpaired) electrons. The van der Waals surface area contributed by atoms with E-state index in [0.717, 1.165) is 27.7 Å². The van der Waals surface area contributed by atoms with Crippen molar-refractivity contribution in [3.8, 4) is 0 Å². The molecule has 9 aromatic heterocycles. The molecule has 0 aliphatic carbocycles. The predicted molar refractivity (Wildman–Crippen MR) is 338 cm³/mol. The van der Waals surface area contributed by atoms with Crippen LogP contribution in [0.5, 0.6) is 0 Å². The van der Waals surface area contributed by atoms with Crippen LogP contribution in [0, 0.1) is 142 Å². The first kappa shape index (κ1) is 71.4. The number of aryl methyl sites for hydroxylation is 13. The molecule has 0 N–H and O–H groups in total. The molecular weight excluding hydrogens is 1070 g/mol. The lowest BCUT2D eigenvalue weighted by Gasteiger charge is -2.02. The van der Waals surface area contributed by atoms with Crippen LogP contribution in [0.2, 0.25) is 0 Å². The molecule has 0 fully saturated rings. The van der Waals surface area contributed by atoms with Crippen LogP contribution in [0.3, 0.4) is 0 Å². The highest BCUT2D eigenvalue weighted by Crippen LogP contribution is 2.30. The Morgan fingerprint density at radius 2 is 0.744 bits per heavy atom. The molecule has 0 aliphatic heterocycles. The second-order valence-corrected chi connectivity index (χ2v) is 25.9. The fourth-order valence-corrected chi connectivity index (χ4v) is 12.1. The van der Waals surface area contributed by atoms with E-state index in [4.69, 9.17) is 13.3 Å². The monoisotopic (exact) mass is 1170 g/mol. The van der Waals surface area contributed by atoms with Gasteiger partial charge in [0.15, 0.2) is 11.6 Å². The van der Waals surface area contributed by atoms with Crippen molar-refractivity contribution in [1.29, 1.82) is 0 Å². The van der Waals surface area contributed by atoms with Crippen LogP contribution in [0.1, 0.15) is 199 Å². The maximum absolute atomic E-state index is 12.7. The van der Waals surface area contributed by atoms with E-state index >= 15 is 0 Å². The molecule has 12 heteroatoms. The third-order valence-electron chi connectivity index (χ3n) is 13.0. The first-order valence-corrected chi connectivity index (χ1v) is 31.0. The number of hydrogen-bond acceptors (Lipinski definition) is 9. The van der Waals surface area contributed by atoms with Gasteiger partial charge in [-0.1, -0.05) is 55.4 Å². The summed E-state index contributed by atoms with van der Waals surface area (Å²) in [4.78, 5) is 7.07. The van der Waals surface area contributed by atoms with E-state index < -0.39 is 0 Å². The fourth-order valence-electron chi connectivity index (χ4n) is 7.08. The van der Waals surface area contributed by atoms with Crippen molar-refractivity contribution in [2.45, 2.75) is 204 Å². The van der Waals surface area contributed by atoms with E-state index in [1.165, 1.54) is 105 Å². The second kappa shape index (κ2) is 35.2. The summed E-state index contributed by atoms with van der Waals surface area (Å²) in [6.07, 6.45) is 3.02. The van der Waals surface area contributed by atoms with Gasteiger partial charge in [-0.05, 0) is 243 Å². The highest BCUT2D eigenvalue weighted by Gasteiger charge is 2.10. The van der Waals surface area contributed by atoms with Crippen molar-refractivity contribution in [1.82, 2.24) is 0 Å². The molecule has 0 spiro atoms. The van der Waals surface area contributed by atoms with Crippen LogP contribution < -0.4 is 0 Å². The Morgan fingerprint density at radius 3 is 0.885 bits per heavy atom. The van der Waals surface area contributed by atoms with Crippen molar-refractivity contribution >= 4 is 56.7 Å². The first-order chi connectivity index (χ1) is 36.2. The predicted octanol–water partition coefficient (Wildman–Crippen LogP) is 24.3. The maximum Gasteiger partial charge on any atom is 0.164 e. The standard InChI is InChI=1S/3C9H14S.C8H11FS.C7H10O.C7H10S.C6H7FO.C6H8O.C5H5FO/c2*1-6(2)9-5-10-8(4)7(9)3;1-6(2)9-8(4)7(3)5-10-9;1-5(2)8-6(3)7(9)4-10-8;1-5-4-6(2)8-7(5)3;1-5-4-8-7(3)6(5)2;1-4-3-6(7)5(2)8-4;1-5-3-4-7-6(5)2;1-4-5(6)2-3-7-4/h3*5-6H,1-4H3;4-5H,1-3H3;2*4H,1-3H3;3H,1-2H3;3-4H,1-2H3;2-3H,1H3. The maximum atomic E-state index is 12.7. The summed E-state index contributed by atoms with van der Waals surface area (Å²) in [5.74, 6) is 6.30. The number of hydrogen-bond donors (Lipinski definition) is 0. The van der Waals surface area contributed by atoms with Gasteiger partial charge in [0.25, 0.3) is 0 Å². The summed E-state index contributed by atoms with van der Waals surface area (Å²) in [5.41, 5.74) is 15.1. The normalized spacial score (nSPS) is 10.3. The molecule has 4 nitrogen and oxygen atoms in total. The van der Waals surface area contributed by atoms with E-state index in [9.17, 15) is 13.2 Å². The van der Waals surface area contributed by atoms with Crippen molar-refractivity contribution < 1.29 is 30.8 Å². The molecule has 0 bridgehead atoms. The van der Waals surface area contributed by atoms with Gasteiger partial charge in [0.2, 0.25) is 0 Å². The molecule has 9 aromatic rings. The molecule has 0 atom stereocenters. The van der Waals surface area contributed by atoms with E-state index in [2.05, 4.69) is 144 Å². The van der Waals surface area contributed by atoms with Crippen molar-refractivity contribution in [3.63, 3.8) is 0 Å². The van der Waals surface area contributed by atoms with E-state index in [-0.39, 0.29) is 17.5 Å². The zero-order valence-electron chi connectivity index (χ0n) is 52.0. The average molecular weight is 1170 g/mol. The Labute approximate surface area is 489 Å². The van der Waals surface area contributed by atoms with Gasteiger partial charge in [0.1, 0.15) is 40.4 Å². The molecule has 0 saturated heterocycles. The largest absolute Gasteiger partial charge is 0.469 e. The lowest BCUT2D eigenvalue weighted by Crippen LogP contribution is -1.86. The van der Waals surface area contributed by atoms with Gasteiger partial charge < -0.3 is 17.7 Å². The smallest absolute Gasteiger partial charge is 0.164 e. The van der Waals surface area contributed by atoms with Crippen LogP contribution in [0.25, 0.3) is 0 Å². The Hall–Kier alpha value is -4.59. The van der Waals surface area contributed by atoms with Crippen LogP contribution in [0.4, 0.5) is 13.2 Å². The Bertz CT molecular complexity index is 2700. The van der Waals surface area contributed by atoms with Crippen LogP contribution in [-0.2, 0) is 0 Å². The molecule has 0 aromatic carbocycles. The van der Waals surface area contributed by atoms with Gasteiger partial charge in [-0.3, -0.25) is 0 Å². The summed E-state index contributed by atoms with van der Waals surface area (Å²) in [7, 11) is 0. The highest BCUT2D eigenvalue weighted by molar-refractivity contribution is 7.11. The number of halogens is 3. The highest BCUT2D eigenvalue weighted by atomic mass is 32.1. The Kier molecular flexibility index (Phi) is 32.2. The van der Waals surface area contributed by atoms with Crippen molar-refractivity contribution in [2.75, 3.05) is 0 Å². The summed E-state index contributed by atoms with van der Waals surface area (Å²) in [5, 5.41) is 10.6. The van der Waals surface area contributed by atoms with Gasteiger partial charge in [0, 0.05) is 41.9 Å². The van der Waals surface area contributed by atoms with Gasteiger partial charge >= 0.3 is 0 Å². The van der Waals surface area contributed by atoms with Crippen LogP contribution in [-0.4, -0.2) is 0 Å². The summed E-state index contributed by atoms with van der Waals surface area (Å²) in [6, 6.07) is 6.65. The van der Waals surface area contributed by atoms with Crippen LogP contribution in [0.15, 0.2) is 81.4 Å². The second-order valence-electron chi connectivity index (χ2n) is 20.8. The zero-order chi connectivity index (χ0) is 59.9. The van der Waals surface area contributed by atoms with Crippen molar-refractivity contribution in [3.05, 3.63) is 201 Å². The van der Waals surface area contributed by atoms with E-state index in [0.29, 0.717) is 41.0 Å². The molecule has 432 valence electrons.